The first-order valence-electron chi connectivity index (χ1n) is 4.39. The van der Waals surface area contributed by atoms with Crippen molar-refractivity contribution in [3.63, 3.8) is 0 Å². The van der Waals surface area contributed by atoms with Gasteiger partial charge in [-0.25, -0.2) is 0 Å². The van der Waals surface area contributed by atoms with E-state index in [2.05, 4.69) is 10.3 Å². The Morgan fingerprint density at radius 1 is 1.69 bits per heavy atom. The summed E-state index contributed by atoms with van der Waals surface area (Å²) in [7, 11) is 0. The van der Waals surface area contributed by atoms with Gasteiger partial charge in [0.2, 0.25) is 0 Å². The second kappa shape index (κ2) is 4.96. The lowest BCUT2D eigenvalue weighted by atomic mass is 10.2. The average molecular weight is 223 g/mol. The summed E-state index contributed by atoms with van der Waals surface area (Å²) in [6, 6.07) is 1.13. The van der Waals surface area contributed by atoms with E-state index in [9.17, 15) is 19.7 Å². The number of nitro groups is 1. The number of amides is 1. The van der Waals surface area contributed by atoms with Gasteiger partial charge in [0.05, 0.1) is 17.0 Å². The lowest BCUT2D eigenvalue weighted by Gasteiger charge is -2.02. The van der Waals surface area contributed by atoms with Crippen molar-refractivity contribution in [2.24, 2.45) is 0 Å². The summed E-state index contributed by atoms with van der Waals surface area (Å²) in [5, 5.41) is 12.9. The molecule has 1 amide bonds. The first kappa shape index (κ1) is 11.8. The minimum absolute atomic E-state index is 0.0548. The molecule has 1 heterocycles. The Balaban J connectivity index is 2.98. The van der Waals surface area contributed by atoms with Crippen molar-refractivity contribution in [2.45, 2.75) is 6.92 Å². The van der Waals surface area contributed by atoms with E-state index < -0.39 is 10.8 Å². The number of rotatable bonds is 4. The van der Waals surface area contributed by atoms with Gasteiger partial charge in [-0.3, -0.25) is 19.9 Å². The van der Waals surface area contributed by atoms with Gasteiger partial charge in [-0.1, -0.05) is 0 Å². The van der Waals surface area contributed by atoms with Crippen molar-refractivity contribution in [1.82, 2.24) is 10.3 Å². The number of hydrogen-bond acceptors (Lipinski definition) is 5. The molecule has 0 bridgehead atoms. The molecule has 0 aromatic carbocycles. The van der Waals surface area contributed by atoms with Crippen LogP contribution in [0.3, 0.4) is 0 Å². The third kappa shape index (κ3) is 2.59. The highest BCUT2D eigenvalue weighted by Gasteiger charge is 2.15. The molecule has 7 nitrogen and oxygen atoms in total. The highest BCUT2D eigenvalue weighted by atomic mass is 16.6. The molecule has 0 fully saturated rings. The molecule has 0 saturated carbocycles. The molecule has 0 aliphatic heterocycles. The Bertz CT molecular complexity index is 444. The largest absolute Gasteiger partial charge is 0.345 e. The van der Waals surface area contributed by atoms with Crippen LogP contribution in [-0.2, 0) is 4.79 Å². The molecule has 16 heavy (non-hydrogen) atoms. The lowest BCUT2D eigenvalue weighted by molar-refractivity contribution is -0.385. The zero-order valence-electron chi connectivity index (χ0n) is 8.47. The predicted molar refractivity (Wildman–Crippen MR) is 54.0 cm³/mol. The number of pyridine rings is 1. The van der Waals surface area contributed by atoms with Crippen LogP contribution in [0.4, 0.5) is 5.69 Å². The van der Waals surface area contributed by atoms with Crippen LogP contribution in [0, 0.1) is 17.0 Å². The normalized spacial score (nSPS) is 9.56. The summed E-state index contributed by atoms with van der Waals surface area (Å²) in [4.78, 5) is 35.1. The van der Waals surface area contributed by atoms with Crippen LogP contribution < -0.4 is 5.32 Å². The molecule has 0 aliphatic carbocycles. The number of nitrogens with zero attached hydrogens (tertiary/aromatic N) is 2. The quantitative estimate of drug-likeness (QED) is 0.447. The maximum absolute atomic E-state index is 11.4. The van der Waals surface area contributed by atoms with Gasteiger partial charge in [-0.05, 0) is 6.92 Å². The molecular weight excluding hydrogens is 214 g/mol. The minimum Gasteiger partial charge on any atom is -0.345 e. The number of carbonyl (C=O) groups is 2. The van der Waals surface area contributed by atoms with Crippen molar-refractivity contribution >= 4 is 17.9 Å². The number of nitrogens with one attached hydrogen (secondary N) is 1. The van der Waals surface area contributed by atoms with Gasteiger partial charge in [0, 0.05) is 12.3 Å². The van der Waals surface area contributed by atoms with E-state index >= 15 is 0 Å². The van der Waals surface area contributed by atoms with E-state index in [1.807, 2.05) is 0 Å². The molecule has 1 aromatic rings. The minimum atomic E-state index is -0.612. The van der Waals surface area contributed by atoms with Crippen molar-refractivity contribution in [1.29, 1.82) is 0 Å². The molecular formula is C9H9N3O4. The zero-order chi connectivity index (χ0) is 12.1. The summed E-state index contributed by atoms with van der Waals surface area (Å²) in [5.41, 5.74) is 0.0647. The first-order valence-corrected chi connectivity index (χ1v) is 4.39. The van der Waals surface area contributed by atoms with Crippen molar-refractivity contribution in [2.75, 3.05) is 6.54 Å². The third-order valence-electron chi connectivity index (χ3n) is 1.87. The maximum Gasteiger partial charge on any atom is 0.291 e. The number of aldehydes is 1. The van der Waals surface area contributed by atoms with Gasteiger partial charge in [0.15, 0.2) is 0 Å². The SMILES string of the molecule is Cc1ncc(C(=O)NCC=O)cc1[N+](=O)[O-]. The van der Waals surface area contributed by atoms with Gasteiger partial charge < -0.3 is 10.1 Å². The third-order valence-corrected chi connectivity index (χ3v) is 1.87. The summed E-state index contributed by atoms with van der Waals surface area (Å²) < 4.78 is 0. The Kier molecular flexibility index (Phi) is 3.65. The van der Waals surface area contributed by atoms with Gasteiger partial charge >= 0.3 is 0 Å². The fraction of sp³-hybridized carbons (Fsp3) is 0.222. The van der Waals surface area contributed by atoms with Crippen LogP contribution >= 0.6 is 0 Å². The van der Waals surface area contributed by atoms with E-state index in [-0.39, 0.29) is 23.5 Å². The molecule has 0 radical (unpaired) electrons. The van der Waals surface area contributed by atoms with Gasteiger partial charge in [-0.2, -0.15) is 0 Å². The van der Waals surface area contributed by atoms with Gasteiger partial charge in [-0.15, -0.1) is 0 Å². The number of aromatic nitrogens is 1. The van der Waals surface area contributed by atoms with Gasteiger partial charge in [0.25, 0.3) is 11.6 Å². The van der Waals surface area contributed by atoms with Crippen LogP contribution in [-0.4, -0.2) is 28.6 Å². The highest BCUT2D eigenvalue weighted by Crippen LogP contribution is 2.16. The Hall–Kier alpha value is -2.31. The van der Waals surface area contributed by atoms with E-state index in [1.54, 1.807) is 0 Å². The molecule has 0 saturated heterocycles. The molecule has 1 N–H and O–H groups in total. The molecule has 0 unspecified atom stereocenters. The van der Waals surface area contributed by atoms with E-state index in [1.165, 1.54) is 13.1 Å². The first-order chi connectivity index (χ1) is 7.56. The molecule has 1 aromatic heterocycles. The van der Waals surface area contributed by atoms with E-state index in [4.69, 9.17) is 0 Å². The second-order valence-corrected chi connectivity index (χ2v) is 2.96. The standard InChI is InChI=1S/C9H9N3O4/c1-6-8(12(15)16)4-7(5-11-6)9(14)10-2-3-13/h3-5H,2H2,1H3,(H,10,14). The Morgan fingerprint density at radius 3 is 2.94 bits per heavy atom. The van der Waals surface area contributed by atoms with Crippen LogP contribution in [0.2, 0.25) is 0 Å². The van der Waals surface area contributed by atoms with Crippen molar-refractivity contribution < 1.29 is 14.5 Å². The maximum atomic E-state index is 11.4. The van der Waals surface area contributed by atoms with Crippen LogP contribution in [0.1, 0.15) is 16.1 Å². The Morgan fingerprint density at radius 2 is 2.38 bits per heavy atom. The lowest BCUT2D eigenvalue weighted by Crippen LogP contribution is -2.25. The fourth-order valence-electron chi connectivity index (χ4n) is 1.07. The van der Waals surface area contributed by atoms with Crippen molar-refractivity contribution in [3.8, 4) is 0 Å². The van der Waals surface area contributed by atoms with Gasteiger partial charge in [0.1, 0.15) is 12.0 Å². The predicted octanol–water partition coefficient (Wildman–Crippen LogP) is 0.227. The van der Waals surface area contributed by atoms with E-state index in [0.29, 0.717) is 6.29 Å². The van der Waals surface area contributed by atoms with Crippen LogP contribution in [0.25, 0.3) is 0 Å². The molecule has 7 heteroatoms. The topological polar surface area (TPSA) is 102 Å². The molecule has 0 aliphatic rings. The smallest absolute Gasteiger partial charge is 0.291 e. The number of aryl methyl sites for hydroxylation is 1. The summed E-state index contributed by atoms with van der Waals surface area (Å²) in [6.07, 6.45) is 1.75. The van der Waals surface area contributed by atoms with Crippen LogP contribution in [0.15, 0.2) is 12.3 Å². The zero-order valence-corrected chi connectivity index (χ0v) is 8.47. The summed E-state index contributed by atoms with van der Waals surface area (Å²) in [5.74, 6) is -0.567. The number of hydrogen-bond donors (Lipinski definition) is 1. The Labute approximate surface area is 90.6 Å². The van der Waals surface area contributed by atoms with Crippen molar-refractivity contribution in [3.05, 3.63) is 33.6 Å². The molecule has 0 spiro atoms. The van der Waals surface area contributed by atoms with Crippen LogP contribution in [0.5, 0.6) is 0 Å². The average Bonchev–Trinajstić information content (AvgIpc) is 2.26. The summed E-state index contributed by atoms with van der Waals surface area (Å²) in [6.45, 7) is 1.34. The fourth-order valence-corrected chi connectivity index (χ4v) is 1.07. The molecule has 0 atom stereocenters. The number of carbonyl (C=O) groups excluding carboxylic acids is 2. The molecule has 84 valence electrons. The molecule has 1 rings (SSSR count). The highest BCUT2D eigenvalue weighted by molar-refractivity contribution is 5.95. The monoisotopic (exact) mass is 223 g/mol. The second-order valence-electron chi connectivity index (χ2n) is 2.96. The summed E-state index contributed by atoms with van der Waals surface area (Å²) >= 11 is 0. The van der Waals surface area contributed by atoms with E-state index in [0.717, 1.165) is 6.07 Å².